The molecule has 2 atom stereocenters. The molecule has 1 N–H and O–H groups in total. The van der Waals surface area contributed by atoms with Gasteiger partial charge in [-0.1, -0.05) is 49.2 Å². The predicted molar refractivity (Wildman–Crippen MR) is 152 cm³/mol. The molecule has 0 heterocycles. The number of sulfonamides is 1. The van der Waals surface area contributed by atoms with Crippen LogP contribution in [0, 0.1) is 0 Å². The first kappa shape index (κ1) is 33.7. The van der Waals surface area contributed by atoms with Crippen molar-refractivity contribution in [2.24, 2.45) is 0 Å². The Morgan fingerprint density at radius 2 is 1.73 bits per heavy atom. The van der Waals surface area contributed by atoms with Crippen LogP contribution in [0.3, 0.4) is 0 Å². The van der Waals surface area contributed by atoms with Gasteiger partial charge in [0.05, 0.1) is 17.5 Å². The molecule has 222 valence electrons. The van der Waals surface area contributed by atoms with E-state index in [1.165, 1.54) is 17.0 Å². The molecule has 0 aliphatic heterocycles. The number of amides is 2. The highest BCUT2D eigenvalue weighted by atomic mass is 35.5. The molecule has 2 aromatic rings. The zero-order chi connectivity index (χ0) is 30.3. The van der Waals surface area contributed by atoms with Crippen molar-refractivity contribution in [3.05, 3.63) is 63.6 Å². The van der Waals surface area contributed by atoms with E-state index in [1.54, 1.807) is 19.1 Å². The Balaban J connectivity index is 2.30. The van der Waals surface area contributed by atoms with Gasteiger partial charge in [-0.25, -0.2) is 8.42 Å². The van der Waals surface area contributed by atoms with Crippen LogP contribution in [0.25, 0.3) is 0 Å². The summed E-state index contributed by atoms with van der Waals surface area (Å²) in [5, 5.41) is 3.61. The highest BCUT2D eigenvalue weighted by Crippen LogP contribution is 2.32. The van der Waals surface area contributed by atoms with Gasteiger partial charge in [0.25, 0.3) is 0 Å². The van der Waals surface area contributed by atoms with Gasteiger partial charge in [-0.05, 0) is 62.1 Å². The van der Waals surface area contributed by atoms with Gasteiger partial charge in [0, 0.05) is 35.6 Å². The van der Waals surface area contributed by atoms with Gasteiger partial charge in [-0.15, -0.1) is 0 Å². The Hall–Kier alpha value is -2.50. The number of alkyl halides is 3. The maximum absolute atomic E-state index is 13.5. The van der Waals surface area contributed by atoms with E-state index in [1.807, 2.05) is 13.8 Å². The number of carbonyl (C=O) groups is 2. The SMILES string of the molecule is CC[C@H](C)NC(=O)[C@H](CC)N(Cc1ccc(Cl)cc1Cl)C(=O)CCCN(c1cccc(C(F)(F)F)c1)S(C)(=O)=O. The first-order valence-corrected chi connectivity index (χ1v) is 15.4. The lowest BCUT2D eigenvalue weighted by molar-refractivity contribution is -0.141. The van der Waals surface area contributed by atoms with Crippen molar-refractivity contribution >= 4 is 50.7 Å². The standard InChI is InChI=1S/C27H34Cl2F3N3O4S/c1-5-18(3)33-26(37)24(6-2)34(17-19-12-13-21(28)16-23(19)29)25(36)11-8-14-35(40(4,38)39)22-10-7-9-20(15-22)27(30,31)32/h7,9-10,12-13,15-16,18,24H,5-6,8,11,14,17H2,1-4H3,(H,33,37)/t18-,24-/m0/s1. The lowest BCUT2D eigenvalue weighted by Gasteiger charge is -2.32. The van der Waals surface area contributed by atoms with E-state index < -0.39 is 33.7 Å². The van der Waals surface area contributed by atoms with Gasteiger partial charge in [-0.2, -0.15) is 13.2 Å². The molecule has 2 amide bonds. The summed E-state index contributed by atoms with van der Waals surface area (Å²) in [4.78, 5) is 28.0. The molecular formula is C27H34Cl2F3N3O4S. The predicted octanol–water partition coefficient (Wildman–Crippen LogP) is 6.28. The third-order valence-electron chi connectivity index (χ3n) is 6.36. The van der Waals surface area contributed by atoms with E-state index >= 15 is 0 Å². The van der Waals surface area contributed by atoms with Crippen LogP contribution in [0.4, 0.5) is 18.9 Å². The maximum atomic E-state index is 13.5. The van der Waals surface area contributed by atoms with Gasteiger partial charge in [-0.3, -0.25) is 13.9 Å². The van der Waals surface area contributed by atoms with E-state index in [2.05, 4.69) is 5.32 Å². The summed E-state index contributed by atoms with van der Waals surface area (Å²) in [5.41, 5.74) is -0.580. The molecule has 0 spiro atoms. The monoisotopic (exact) mass is 623 g/mol. The summed E-state index contributed by atoms with van der Waals surface area (Å²) in [6, 6.07) is 7.84. The highest BCUT2D eigenvalue weighted by molar-refractivity contribution is 7.92. The molecule has 0 aliphatic carbocycles. The molecule has 0 fully saturated rings. The fraction of sp³-hybridized carbons (Fsp3) is 0.481. The van der Waals surface area contributed by atoms with Crippen LogP contribution in [0.1, 0.15) is 57.6 Å². The molecule has 40 heavy (non-hydrogen) atoms. The molecule has 0 bridgehead atoms. The Kier molecular flexibility index (Phi) is 12.1. The van der Waals surface area contributed by atoms with Crippen molar-refractivity contribution in [2.45, 2.75) is 71.3 Å². The molecule has 0 saturated carbocycles. The third-order valence-corrected chi connectivity index (χ3v) is 8.14. The molecule has 0 unspecified atom stereocenters. The average Bonchev–Trinajstić information content (AvgIpc) is 2.86. The zero-order valence-corrected chi connectivity index (χ0v) is 25.1. The van der Waals surface area contributed by atoms with Crippen LogP contribution in [0.5, 0.6) is 0 Å². The topological polar surface area (TPSA) is 86.8 Å². The maximum Gasteiger partial charge on any atom is 0.416 e. The molecule has 0 radical (unpaired) electrons. The number of rotatable bonds is 13. The summed E-state index contributed by atoms with van der Waals surface area (Å²) in [5.74, 6) is -0.772. The number of carbonyl (C=O) groups excluding carboxylic acids is 2. The molecule has 2 aromatic carbocycles. The first-order valence-electron chi connectivity index (χ1n) is 12.8. The Morgan fingerprint density at radius 3 is 2.27 bits per heavy atom. The summed E-state index contributed by atoms with van der Waals surface area (Å²) in [7, 11) is -3.96. The number of hydrogen-bond acceptors (Lipinski definition) is 4. The minimum Gasteiger partial charge on any atom is -0.352 e. The largest absolute Gasteiger partial charge is 0.416 e. The normalized spacial score (nSPS) is 13.4. The molecule has 0 aliphatic rings. The average molecular weight is 625 g/mol. The summed E-state index contributed by atoms with van der Waals surface area (Å²) in [6.45, 7) is 5.30. The molecule has 13 heteroatoms. The van der Waals surface area contributed by atoms with Crippen LogP contribution in [0.2, 0.25) is 10.0 Å². The second-order valence-corrected chi connectivity index (χ2v) is 12.2. The minimum atomic E-state index is -4.65. The van der Waals surface area contributed by atoms with Crippen molar-refractivity contribution < 1.29 is 31.2 Å². The highest BCUT2D eigenvalue weighted by Gasteiger charge is 2.32. The smallest absolute Gasteiger partial charge is 0.352 e. The van der Waals surface area contributed by atoms with Gasteiger partial charge < -0.3 is 10.2 Å². The van der Waals surface area contributed by atoms with E-state index in [-0.39, 0.29) is 43.6 Å². The Morgan fingerprint density at radius 1 is 1.05 bits per heavy atom. The van der Waals surface area contributed by atoms with Crippen molar-refractivity contribution in [1.82, 2.24) is 10.2 Å². The van der Waals surface area contributed by atoms with Gasteiger partial charge in [0.15, 0.2) is 0 Å². The van der Waals surface area contributed by atoms with Crippen LogP contribution in [0.15, 0.2) is 42.5 Å². The Bertz CT molecular complexity index is 1290. The number of benzene rings is 2. The van der Waals surface area contributed by atoms with Crippen LogP contribution in [-0.2, 0) is 32.3 Å². The van der Waals surface area contributed by atoms with Crippen LogP contribution >= 0.6 is 23.2 Å². The summed E-state index contributed by atoms with van der Waals surface area (Å²) < 4.78 is 65.4. The molecule has 7 nitrogen and oxygen atoms in total. The number of nitrogens with one attached hydrogen (secondary N) is 1. The van der Waals surface area contributed by atoms with E-state index in [9.17, 15) is 31.2 Å². The van der Waals surface area contributed by atoms with Gasteiger partial charge in [0.2, 0.25) is 21.8 Å². The molecule has 2 rings (SSSR count). The Labute approximate surface area is 243 Å². The number of nitrogens with zero attached hydrogens (tertiary/aromatic N) is 2. The van der Waals surface area contributed by atoms with Crippen LogP contribution in [-0.4, -0.2) is 50.0 Å². The van der Waals surface area contributed by atoms with E-state index in [4.69, 9.17) is 23.2 Å². The first-order chi connectivity index (χ1) is 18.6. The molecule has 0 saturated heterocycles. The molecular weight excluding hydrogens is 590 g/mol. The van der Waals surface area contributed by atoms with E-state index in [0.29, 0.717) is 28.5 Å². The number of hydrogen-bond donors (Lipinski definition) is 1. The number of anilines is 1. The summed E-state index contributed by atoms with van der Waals surface area (Å²) >= 11 is 12.3. The fourth-order valence-corrected chi connectivity index (χ4v) is 5.46. The van der Waals surface area contributed by atoms with Crippen molar-refractivity contribution in [3.63, 3.8) is 0 Å². The lowest BCUT2D eigenvalue weighted by Crippen LogP contribution is -2.50. The van der Waals surface area contributed by atoms with Crippen molar-refractivity contribution in [1.29, 1.82) is 0 Å². The summed E-state index contributed by atoms with van der Waals surface area (Å²) in [6.07, 6.45) is -2.94. The van der Waals surface area contributed by atoms with Gasteiger partial charge in [0.1, 0.15) is 6.04 Å². The zero-order valence-electron chi connectivity index (χ0n) is 22.8. The third kappa shape index (κ3) is 9.55. The second kappa shape index (κ2) is 14.4. The second-order valence-electron chi connectivity index (χ2n) is 9.49. The lowest BCUT2D eigenvalue weighted by atomic mass is 10.1. The quantitative estimate of drug-likeness (QED) is 0.284. The molecule has 0 aromatic heterocycles. The van der Waals surface area contributed by atoms with Crippen molar-refractivity contribution in [3.8, 4) is 0 Å². The number of halogens is 5. The van der Waals surface area contributed by atoms with E-state index in [0.717, 1.165) is 28.8 Å². The van der Waals surface area contributed by atoms with Crippen LogP contribution < -0.4 is 9.62 Å². The fourth-order valence-electron chi connectivity index (χ4n) is 4.04. The minimum absolute atomic E-state index is 0.00356. The van der Waals surface area contributed by atoms with Gasteiger partial charge >= 0.3 is 6.18 Å². The van der Waals surface area contributed by atoms with Crippen molar-refractivity contribution in [2.75, 3.05) is 17.1 Å².